The Morgan fingerprint density at radius 2 is 1.74 bits per heavy atom. The number of nitrogens with one attached hydrogen (secondary N) is 3. The number of fused-ring (bicyclic) bond motifs is 1. The fraction of sp³-hybridized carbons (Fsp3) is 0.0833. The molecule has 5 aromatic rings. The first-order valence-corrected chi connectivity index (χ1v) is 11.4. The number of hydrogen-bond acceptors (Lipinski definition) is 5. The lowest BCUT2D eigenvalue weighted by Gasteiger charge is -2.11. The molecule has 3 aromatic carbocycles. The Labute approximate surface area is 197 Å². The number of aromatic nitrogens is 5. The number of aromatic amines is 2. The maximum absolute atomic E-state index is 14.5. The van der Waals surface area contributed by atoms with Crippen LogP contribution in [-0.4, -0.2) is 36.4 Å². The third-order valence-electron chi connectivity index (χ3n) is 5.15. The first kappa shape index (κ1) is 21.7. The summed E-state index contributed by atoms with van der Waals surface area (Å²) in [5.74, 6) is -0.168. The van der Waals surface area contributed by atoms with Crippen LogP contribution in [0, 0.1) is 5.82 Å². The van der Waals surface area contributed by atoms with Crippen molar-refractivity contribution in [3.05, 3.63) is 94.7 Å². The molecular weight excluding hydrogens is 455 g/mol. The molecule has 10 heteroatoms. The number of hydrogen-bond donors (Lipinski definition) is 3. The van der Waals surface area contributed by atoms with Crippen molar-refractivity contribution in [2.75, 3.05) is 11.1 Å². The van der Waals surface area contributed by atoms with Gasteiger partial charge in [0.15, 0.2) is 11.0 Å². The predicted octanol–water partition coefficient (Wildman–Crippen LogP) is 4.03. The fourth-order valence-electron chi connectivity index (χ4n) is 3.58. The molecule has 0 aliphatic carbocycles. The monoisotopic (exact) mass is 474 g/mol. The van der Waals surface area contributed by atoms with Gasteiger partial charge in [-0.15, -0.1) is 10.2 Å². The molecule has 34 heavy (non-hydrogen) atoms. The highest BCUT2D eigenvalue weighted by atomic mass is 32.2. The summed E-state index contributed by atoms with van der Waals surface area (Å²) in [5.41, 5.74) is 2.86. The van der Waals surface area contributed by atoms with E-state index >= 15 is 0 Å². The fourth-order valence-corrected chi connectivity index (χ4v) is 4.32. The zero-order valence-electron chi connectivity index (χ0n) is 17.8. The zero-order chi connectivity index (χ0) is 23.5. The van der Waals surface area contributed by atoms with Crippen LogP contribution in [0.4, 0.5) is 10.1 Å². The number of anilines is 1. The maximum Gasteiger partial charge on any atom is 0.323 e. The highest BCUT2D eigenvalue weighted by Gasteiger charge is 2.18. The Balaban J connectivity index is 1.36. The van der Waals surface area contributed by atoms with E-state index in [1.165, 1.54) is 17.8 Å². The molecule has 0 aliphatic heterocycles. The van der Waals surface area contributed by atoms with Gasteiger partial charge >= 0.3 is 5.69 Å². The summed E-state index contributed by atoms with van der Waals surface area (Å²) in [4.78, 5) is 29.4. The number of thioether (sulfide) groups is 1. The summed E-state index contributed by atoms with van der Waals surface area (Å²) >= 11 is 1.21. The lowest BCUT2D eigenvalue weighted by Crippen LogP contribution is -2.15. The number of carbonyl (C=O) groups excluding carboxylic acids is 1. The minimum atomic E-state index is -0.392. The van der Waals surface area contributed by atoms with Gasteiger partial charge in [-0.2, -0.15) is 0 Å². The van der Waals surface area contributed by atoms with E-state index in [-0.39, 0.29) is 17.3 Å². The Morgan fingerprint density at radius 1 is 0.971 bits per heavy atom. The predicted molar refractivity (Wildman–Crippen MR) is 129 cm³/mol. The number of amides is 1. The van der Waals surface area contributed by atoms with Crippen molar-refractivity contribution in [2.24, 2.45) is 0 Å². The third-order valence-corrected chi connectivity index (χ3v) is 6.11. The SMILES string of the molecule is O=C(CSc1nnc(-c2ccccc2F)n1Cc1ccccc1)Nc1ccc2[nH]c(=O)[nH]c2c1. The summed E-state index contributed by atoms with van der Waals surface area (Å²) in [6, 6.07) is 21.2. The van der Waals surface area contributed by atoms with Crippen molar-refractivity contribution >= 4 is 34.4 Å². The second kappa shape index (κ2) is 9.36. The Morgan fingerprint density at radius 3 is 2.56 bits per heavy atom. The number of imidazole rings is 1. The highest BCUT2D eigenvalue weighted by molar-refractivity contribution is 7.99. The van der Waals surface area contributed by atoms with Crippen LogP contribution in [0.2, 0.25) is 0 Å². The van der Waals surface area contributed by atoms with Crippen LogP contribution in [0.15, 0.2) is 82.7 Å². The Bertz CT molecular complexity index is 1530. The average molecular weight is 475 g/mol. The molecule has 0 fully saturated rings. The van der Waals surface area contributed by atoms with Gasteiger partial charge in [0.1, 0.15) is 5.82 Å². The van der Waals surface area contributed by atoms with Crippen molar-refractivity contribution < 1.29 is 9.18 Å². The second-order valence-electron chi connectivity index (χ2n) is 7.53. The molecule has 3 N–H and O–H groups in total. The van der Waals surface area contributed by atoms with Crippen molar-refractivity contribution in [1.82, 2.24) is 24.7 Å². The second-order valence-corrected chi connectivity index (χ2v) is 8.48. The summed E-state index contributed by atoms with van der Waals surface area (Å²) in [5, 5.41) is 11.8. The van der Waals surface area contributed by atoms with Crippen LogP contribution >= 0.6 is 11.8 Å². The number of rotatable bonds is 7. The molecule has 0 saturated carbocycles. The Kier molecular flexibility index (Phi) is 5.96. The summed E-state index contributed by atoms with van der Waals surface area (Å²) in [7, 11) is 0. The standard InChI is InChI=1S/C24H19FN6O2S/c25-18-9-5-4-8-17(18)22-29-30-24(31(22)13-15-6-2-1-3-7-15)34-14-21(32)26-16-10-11-19-20(12-16)28-23(33)27-19/h1-12H,13-14H2,(H,26,32)(H2,27,28,33). The normalized spacial score (nSPS) is 11.1. The first-order chi connectivity index (χ1) is 16.6. The summed E-state index contributed by atoms with van der Waals surface area (Å²) < 4.78 is 16.3. The van der Waals surface area contributed by atoms with Crippen molar-refractivity contribution in [3.63, 3.8) is 0 Å². The van der Waals surface area contributed by atoms with Crippen LogP contribution in [0.3, 0.4) is 0 Å². The molecule has 0 spiro atoms. The maximum atomic E-state index is 14.5. The molecule has 0 bridgehead atoms. The molecule has 5 rings (SSSR count). The molecule has 1 amide bonds. The number of nitrogens with zero attached hydrogens (tertiary/aromatic N) is 3. The lowest BCUT2D eigenvalue weighted by atomic mass is 10.2. The Hall–Kier alpha value is -4.18. The van der Waals surface area contributed by atoms with Gasteiger partial charge in [-0.25, -0.2) is 9.18 Å². The van der Waals surface area contributed by atoms with Gasteiger partial charge in [0.25, 0.3) is 0 Å². The van der Waals surface area contributed by atoms with Crippen molar-refractivity contribution in [2.45, 2.75) is 11.7 Å². The van der Waals surface area contributed by atoms with Gasteiger partial charge in [0, 0.05) is 5.69 Å². The van der Waals surface area contributed by atoms with Crippen LogP contribution in [0.1, 0.15) is 5.56 Å². The topological polar surface area (TPSA) is 108 Å². The molecule has 0 radical (unpaired) electrons. The van der Waals surface area contributed by atoms with Crippen molar-refractivity contribution in [1.29, 1.82) is 0 Å². The van der Waals surface area contributed by atoms with Crippen LogP contribution in [0.5, 0.6) is 0 Å². The summed E-state index contributed by atoms with van der Waals surface area (Å²) in [6.45, 7) is 0.430. The highest BCUT2D eigenvalue weighted by Crippen LogP contribution is 2.27. The number of halogens is 1. The van der Waals surface area contributed by atoms with Crippen LogP contribution in [-0.2, 0) is 11.3 Å². The molecule has 0 aliphatic rings. The average Bonchev–Trinajstić information content (AvgIpc) is 3.40. The van der Waals surface area contributed by atoms with E-state index in [4.69, 9.17) is 0 Å². The molecule has 0 atom stereocenters. The molecule has 2 aromatic heterocycles. The third kappa shape index (κ3) is 4.62. The van der Waals surface area contributed by atoms with Crippen LogP contribution in [0.25, 0.3) is 22.4 Å². The lowest BCUT2D eigenvalue weighted by molar-refractivity contribution is -0.113. The molecule has 0 unspecified atom stereocenters. The number of carbonyl (C=O) groups is 1. The van der Waals surface area contributed by atoms with E-state index in [0.717, 1.165) is 5.56 Å². The minimum Gasteiger partial charge on any atom is -0.325 e. The van der Waals surface area contributed by atoms with Gasteiger partial charge in [-0.3, -0.25) is 9.36 Å². The largest absolute Gasteiger partial charge is 0.325 e. The van der Waals surface area contributed by atoms with Gasteiger partial charge in [0.2, 0.25) is 5.91 Å². The minimum absolute atomic E-state index is 0.0753. The molecular formula is C24H19FN6O2S. The molecule has 0 saturated heterocycles. The van der Waals surface area contributed by atoms with E-state index in [2.05, 4.69) is 25.5 Å². The molecule has 2 heterocycles. The zero-order valence-corrected chi connectivity index (χ0v) is 18.6. The van der Waals surface area contributed by atoms with E-state index in [1.807, 2.05) is 34.9 Å². The number of benzene rings is 3. The smallest absolute Gasteiger partial charge is 0.323 e. The van der Waals surface area contributed by atoms with Gasteiger partial charge in [0.05, 0.1) is 28.9 Å². The summed E-state index contributed by atoms with van der Waals surface area (Å²) in [6.07, 6.45) is 0. The van der Waals surface area contributed by atoms with E-state index in [1.54, 1.807) is 36.4 Å². The van der Waals surface area contributed by atoms with Gasteiger partial charge < -0.3 is 15.3 Å². The van der Waals surface area contributed by atoms with Crippen molar-refractivity contribution in [3.8, 4) is 11.4 Å². The first-order valence-electron chi connectivity index (χ1n) is 10.4. The number of H-pyrrole nitrogens is 2. The van der Waals surface area contributed by atoms with Crippen LogP contribution < -0.4 is 11.0 Å². The van der Waals surface area contributed by atoms with Gasteiger partial charge in [-0.1, -0.05) is 54.2 Å². The molecule has 170 valence electrons. The van der Waals surface area contributed by atoms with E-state index in [0.29, 0.717) is 39.8 Å². The van der Waals surface area contributed by atoms with Gasteiger partial charge in [-0.05, 0) is 35.9 Å². The van der Waals surface area contributed by atoms with E-state index in [9.17, 15) is 14.0 Å². The molecule has 8 nitrogen and oxygen atoms in total. The van der Waals surface area contributed by atoms with E-state index < -0.39 is 5.82 Å². The quantitative estimate of drug-likeness (QED) is 0.309.